The Morgan fingerprint density at radius 2 is 1.12 bits per heavy atom. The molecule has 24 heavy (non-hydrogen) atoms. The molecule has 0 radical (unpaired) electrons. The van der Waals surface area contributed by atoms with Gasteiger partial charge in [0, 0.05) is 24.5 Å². The number of carbonyl (C=O) groups is 2. The zero-order valence-electron chi connectivity index (χ0n) is 15.0. The van der Waals surface area contributed by atoms with Crippen LogP contribution in [0.3, 0.4) is 0 Å². The predicted octanol–water partition coefficient (Wildman–Crippen LogP) is 2.86. The number of rotatable bonds is 11. The summed E-state index contributed by atoms with van der Waals surface area (Å²) in [6, 6.07) is 0. The van der Waals surface area contributed by atoms with Crippen molar-refractivity contribution in [1.29, 1.82) is 0 Å². The summed E-state index contributed by atoms with van der Waals surface area (Å²) in [4.78, 5) is 32.2. The molecule has 8 heteroatoms. The Labute approximate surface area is 143 Å². The van der Waals surface area contributed by atoms with Gasteiger partial charge in [-0.15, -0.1) is 0 Å². The SMILES string of the molecule is C/C=C(\C)NOC(=O)NCCCCCCNC(=O)ON/C(C)=C/C. The highest BCUT2D eigenvalue weighted by atomic mass is 16.7. The topological polar surface area (TPSA) is 101 Å². The van der Waals surface area contributed by atoms with Crippen molar-refractivity contribution >= 4 is 12.2 Å². The van der Waals surface area contributed by atoms with Crippen molar-refractivity contribution in [2.75, 3.05) is 13.1 Å². The quantitative estimate of drug-likeness (QED) is 0.340. The standard InChI is InChI=1S/C16H30N4O4/c1-5-13(3)19-23-15(21)17-11-9-7-8-10-12-18-16(22)24-20-14(4)6-2/h5-6,19-20H,7-12H2,1-4H3,(H,17,21)(H,18,22)/b13-5+,14-6+. The lowest BCUT2D eigenvalue weighted by atomic mass is 10.2. The Balaban J connectivity index is 3.42. The molecule has 0 heterocycles. The molecule has 0 saturated carbocycles. The minimum atomic E-state index is -0.496. The summed E-state index contributed by atoms with van der Waals surface area (Å²) in [5.41, 5.74) is 6.58. The van der Waals surface area contributed by atoms with Crippen LogP contribution in [-0.4, -0.2) is 25.3 Å². The Morgan fingerprint density at radius 3 is 1.46 bits per heavy atom. The third kappa shape index (κ3) is 13.3. The maximum Gasteiger partial charge on any atom is 0.431 e. The molecule has 0 aliphatic rings. The number of allylic oxidation sites excluding steroid dienone is 4. The van der Waals surface area contributed by atoms with Gasteiger partial charge in [0.15, 0.2) is 0 Å². The van der Waals surface area contributed by atoms with Crippen LogP contribution in [-0.2, 0) is 9.68 Å². The summed E-state index contributed by atoms with van der Waals surface area (Å²) < 4.78 is 0. The minimum Gasteiger partial charge on any atom is -0.325 e. The van der Waals surface area contributed by atoms with E-state index < -0.39 is 12.2 Å². The second kappa shape index (κ2) is 14.2. The van der Waals surface area contributed by atoms with Crippen LogP contribution in [0, 0.1) is 0 Å². The highest BCUT2D eigenvalue weighted by Gasteiger charge is 2.02. The molecule has 4 N–H and O–H groups in total. The van der Waals surface area contributed by atoms with Gasteiger partial charge in [-0.2, -0.15) is 0 Å². The van der Waals surface area contributed by atoms with E-state index in [0.717, 1.165) is 37.1 Å². The number of hydrogen-bond acceptors (Lipinski definition) is 6. The van der Waals surface area contributed by atoms with E-state index in [1.165, 1.54) is 0 Å². The van der Waals surface area contributed by atoms with Gasteiger partial charge in [-0.05, 0) is 40.5 Å². The fourth-order valence-corrected chi connectivity index (χ4v) is 1.43. The molecule has 0 aliphatic heterocycles. The van der Waals surface area contributed by atoms with E-state index >= 15 is 0 Å². The van der Waals surface area contributed by atoms with Crippen LogP contribution in [0.15, 0.2) is 23.5 Å². The largest absolute Gasteiger partial charge is 0.431 e. The molecule has 138 valence electrons. The molecule has 0 saturated heterocycles. The van der Waals surface area contributed by atoms with Crippen LogP contribution in [0.25, 0.3) is 0 Å². The number of hydroxylamine groups is 2. The van der Waals surface area contributed by atoms with E-state index in [1.54, 1.807) is 26.0 Å². The van der Waals surface area contributed by atoms with E-state index in [1.807, 2.05) is 13.8 Å². The zero-order valence-corrected chi connectivity index (χ0v) is 15.0. The average molecular weight is 342 g/mol. The first-order valence-electron chi connectivity index (χ1n) is 8.16. The minimum absolute atomic E-state index is 0.496. The van der Waals surface area contributed by atoms with Crippen LogP contribution >= 0.6 is 0 Å². The maximum absolute atomic E-state index is 11.3. The normalized spacial score (nSPS) is 11.5. The molecule has 0 unspecified atom stereocenters. The molecule has 0 rings (SSSR count). The van der Waals surface area contributed by atoms with Gasteiger partial charge in [0.2, 0.25) is 0 Å². The summed E-state index contributed by atoms with van der Waals surface area (Å²) in [5.74, 6) is 0. The molecule has 0 atom stereocenters. The third-order valence-electron chi connectivity index (χ3n) is 3.12. The lowest BCUT2D eigenvalue weighted by Crippen LogP contribution is -2.30. The van der Waals surface area contributed by atoms with Crippen LogP contribution in [0.4, 0.5) is 9.59 Å². The van der Waals surface area contributed by atoms with Crippen LogP contribution < -0.4 is 21.6 Å². The second-order valence-electron chi connectivity index (χ2n) is 5.19. The van der Waals surface area contributed by atoms with Gasteiger partial charge in [-0.1, -0.05) is 25.0 Å². The molecular formula is C16H30N4O4. The molecule has 8 nitrogen and oxygen atoms in total. The van der Waals surface area contributed by atoms with Crippen molar-refractivity contribution in [2.24, 2.45) is 0 Å². The third-order valence-corrected chi connectivity index (χ3v) is 3.12. The molecule has 2 amide bonds. The van der Waals surface area contributed by atoms with Crippen molar-refractivity contribution in [2.45, 2.75) is 53.4 Å². The number of nitrogens with one attached hydrogen (secondary N) is 4. The fourth-order valence-electron chi connectivity index (χ4n) is 1.43. The van der Waals surface area contributed by atoms with E-state index in [-0.39, 0.29) is 0 Å². The smallest absolute Gasteiger partial charge is 0.325 e. The monoisotopic (exact) mass is 342 g/mol. The van der Waals surface area contributed by atoms with Gasteiger partial charge in [-0.3, -0.25) is 0 Å². The Hall–Kier alpha value is -2.38. The first-order chi connectivity index (χ1) is 11.5. The Morgan fingerprint density at radius 1 is 0.750 bits per heavy atom. The number of amides is 2. The summed E-state index contributed by atoms with van der Waals surface area (Å²) >= 11 is 0. The first-order valence-corrected chi connectivity index (χ1v) is 8.16. The summed E-state index contributed by atoms with van der Waals surface area (Å²) in [6.45, 7) is 8.40. The van der Waals surface area contributed by atoms with Gasteiger partial charge >= 0.3 is 12.2 Å². The predicted molar refractivity (Wildman–Crippen MR) is 92.6 cm³/mol. The molecule has 0 aliphatic carbocycles. The van der Waals surface area contributed by atoms with Crippen LogP contribution in [0.5, 0.6) is 0 Å². The average Bonchev–Trinajstić information content (AvgIpc) is 2.59. The molecule has 0 bridgehead atoms. The Bertz CT molecular complexity index is 396. The lowest BCUT2D eigenvalue weighted by molar-refractivity contribution is 0.104. The summed E-state index contributed by atoms with van der Waals surface area (Å²) in [6.07, 6.45) is 6.22. The number of carbonyl (C=O) groups excluding carboxylic acids is 2. The van der Waals surface area contributed by atoms with Crippen molar-refractivity contribution in [1.82, 2.24) is 21.6 Å². The van der Waals surface area contributed by atoms with E-state index in [0.29, 0.717) is 13.1 Å². The maximum atomic E-state index is 11.3. The van der Waals surface area contributed by atoms with Gasteiger partial charge < -0.3 is 20.3 Å². The van der Waals surface area contributed by atoms with Crippen molar-refractivity contribution in [3.8, 4) is 0 Å². The molecule has 0 aromatic carbocycles. The second-order valence-corrected chi connectivity index (χ2v) is 5.19. The van der Waals surface area contributed by atoms with Gasteiger partial charge in [0.1, 0.15) is 0 Å². The van der Waals surface area contributed by atoms with Crippen molar-refractivity contribution < 1.29 is 19.3 Å². The number of unbranched alkanes of at least 4 members (excludes halogenated alkanes) is 3. The van der Waals surface area contributed by atoms with Gasteiger partial charge in [0.05, 0.1) is 0 Å². The fraction of sp³-hybridized carbons (Fsp3) is 0.625. The van der Waals surface area contributed by atoms with Crippen molar-refractivity contribution in [3.05, 3.63) is 23.5 Å². The van der Waals surface area contributed by atoms with Gasteiger partial charge in [0.25, 0.3) is 0 Å². The summed E-state index contributed by atoms with van der Waals surface area (Å²) in [5, 5.41) is 5.30. The van der Waals surface area contributed by atoms with Crippen molar-refractivity contribution in [3.63, 3.8) is 0 Å². The first kappa shape index (κ1) is 21.6. The molecular weight excluding hydrogens is 312 g/mol. The molecule has 0 fully saturated rings. The Kier molecular flexibility index (Phi) is 12.8. The van der Waals surface area contributed by atoms with E-state index in [9.17, 15) is 9.59 Å². The molecule has 0 spiro atoms. The summed E-state index contributed by atoms with van der Waals surface area (Å²) in [7, 11) is 0. The molecule has 0 aromatic heterocycles. The van der Waals surface area contributed by atoms with E-state index in [2.05, 4.69) is 21.6 Å². The number of hydrogen-bond donors (Lipinski definition) is 4. The highest BCUT2D eigenvalue weighted by molar-refractivity contribution is 5.67. The molecule has 0 aromatic rings. The van der Waals surface area contributed by atoms with Crippen LogP contribution in [0.2, 0.25) is 0 Å². The highest BCUT2D eigenvalue weighted by Crippen LogP contribution is 1.98. The zero-order chi connectivity index (χ0) is 18.2. The van der Waals surface area contributed by atoms with E-state index in [4.69, 9.17) is 9.68 Å². The lowest BCUT2D eigenvalue weighted by Gasteiger charge is -2.09. The van der Waals surface area contributed by atoms with Crippen LogP contribution in [0.1, 0.15) is 53.4 Å². The van der Waals surface area contributed by atoms with Gasteiger partial charge in [-0.25, -0.2) is 20.5 Å².